The molecule has 0 spiro atoms. The van der Waals surface area contributed by atoms with Gasteiger partial charge < -0.3 is 9.64 Å². The number of ether oxygens (including phenoxy) is 1. The van der Waals surface area contributed by atoms with Crippen molar-refractivity contribution in [2.24, 2.45) is 0 Å². The molecule has 2 nitrogen and oxygen atoms in total. The fraction of sp³-hybridized carbons (Fsp3) is 1.00. The van der Waals surface area contributed by atoms with Crippen LogP contribution >= 0.6 is 0 Å². The van der Waals surface area contributed by atoms with E-state index in [0.717, 1.165) is 0 Å². The van der Waals surface area contributed by atoms with Crippen LogP contribution in [-0.4, -0.2) is 37.7 Å². The van der Waals surface area contributed by atoms with Crippen LogP contribution in [-0.2, 0) is 4.74 Å². The fourth-order valence-corrected chi connectivity index (χ4v) is 3.29. The van der Waals surface area contributed by atoms with Gasteiger partial charge in [0.15, 0.2) is 0 Å². The Morgan fingerprint density at radius 1 is 0.636 bits per heavy atom. The van der Waals surface area contributed by atoms with Gasteiger partial charge in [0.2, 0.25) is 0 Å². The summed E-state index contributed by atoms with van der Waals surface area (Å²) in [6, 6.07) is 0. The first-order chi connectivity index (χ1) is 10.7. The Morgan fingerprint density at radius 2 is 1.09 bits per heavy atom. The molecule has 0 amide bonds. The number of nitrogens with zero attached hydrogens (tertiary/aromatic N) is 1. The van der Waals surface area contributed by atoms with E-state index < -0.39 is 0 Å². The summed E-state index contributed by atoms with van der Waals surface area (Å²) in [5.74, 6) is 0. The van der Waals surface area contributed by atoms with Crippen molar-refractivity contribution < 1.29 is 4.74 Å². The summed E-state index contributed by atoms with van der Waals surface area (Å²) in [4.78, 5) is 2.29. The van der Waals surface area contributed by atoms with E-state index in [1.54, 1.807) is 0 Å². The minimum Gasteiger partial charge on any atom is -0.370 e. The van der Waals surface area contributed by atoms with Crippen LogP contribution in [0.25, 0.3) is 0 Å². The van der Waals surface area contributed by atoms with Crippen LogP contribution in [0.5, 0.6) is 0 Å². The second-order valence-electron chi connectivity index (χ2n) is 7.48. The van der Waals surface area contributed by atoms with Gasteiger partial charge in [-0.1, -0.05) is 77.6 Å². The molecule has 0 aromatic carbocycles. The average molecular weight is 312 g/mol. The molecule has 0 aromatic heterocycles. The van der Waals surface area contributed by atoms with Crippen LogP contribution in [0, 0.1) is 0 Å². The monoisotopic (exact) mass is 311 g/mol. The lowest BCUT2D eigenvalue weighted by Crippen LogP contribution is -2.12. The SMILES string of the molecule is CCCCCCCC[C@@H]1O[C@H]1CCCCCCCCN(C)C. The van der Waals surface area contributed by atoms with Gasteiger partial charge in [-0.05, 0) is 39.9 Å². The van der Waals surface area contributed by atoms with E-state index in [2.05, 4.69) is 25.9 Å². The molecule has 0 bridgehead atoms. The van der Waals surface area contributed by atoms with Crippen molar-refractivity contribution in [1.29, 1.82) is 0 Å². The molecule has 0 aromatic rings. The van der Waals surface area contributed by atoms with Gasteiger partial charge in [-0.25, -0.2) is 0 Å². The summed E-state index contributed by atoms with van der Waals surface area (Å²) in [5, 5.41) is 0. The van der Waals surface area contributed by atoms with Crippen molar-refractivity contribution in [1.82, 2.24) is 4.90 Å². The van der Waals surface area contributed by atoms with Crippen molar-refractivity contribution in [3.05, 3.63) is 0 Å². The highest BCUT2D eigenvalue weighted by atomic mass is 16.6. The van der Waals surface area contributed by atoms with E-state index in [-0.39, 0.29) is 0 Å². The van der Waals surface area contributed by atoms with Crippen LogP contribution < -0.4 is 0 Å². The van der Waals surface area contributed by atoms with E-state index in [9.17, 15) is 0 Å². The molecule has 1 aliphatic rings. The molecule has 0 N–H and O–H groups in total. The summed E-state index contributed by atoms with van der Waals surface area (Å²) in [6.07, 6.45) is 20.7. The highest BCUT2D eigenvalue weighted by molar-refractivity contribution is 4.84. The molecule has 0 radical (unpaired) electrons. The van der Waals surface area contributed by atoms with Crippen molar-refractivity contribution in [2.75, 3.05) is 20.6 Å². The van der Waals surface area contributed by atoms with Gasteiger partial charge in [0, 0.05) is 0 Å². The molecule has 1 heterocycles. The highest BCUT2D eigenvalue weighted by Gasteiger charge is 2.36. The topological polar surface area (TPSA) is 15.8 Å². The Balaban J connectivity index is 1.75. The lowest BCUT2D eigenvalue weighted by atomic mass is 10.0. The third-order valence-electron chi connectivity index (χ3n) is 4.87. The minimum atomic E-state index is 0.629. The molecule has 0 aliphatic carbocycles. The maximum Gasteiger partial charge on any atom is 0.0841 e. The molecule has 1 rings (SSSR count). The number of rotatable bonds is 16. The van der Waals surface area contributed by atoms with Gasteiger partial charge in [0.05, 0.1) is 12.2 Å². The van der Waals surface area contributed by atoms with Crippen molar-refractivity contribution in [3.8, 4) is 0 Å². The van der Waals surface area contributed by atoms with Crippen LogP contribution in [0.3, 0.4) is 0 Å². The van der Waals surface area contributed by atoms with E-state index in [1.165, 1.54) is 96.4 Å². The van der Waals surface area contributed by atoms with Crippen LogP contribution in [0.1, 0.15) is 96.8 Å². The van der Waals surface area contributed by atoms with Gasteiger partial charge in [-0.15, -0.1) is 0 Å². The second-order valence-corrected chi connectivity index (χ2v) is 7.48. The first-order valence-electron chi connectivity index (χ1n) is 10.0. The Morgan fingerprint density at radius 3 is 1.59 bits per heavy atom. The smallest absolute Gasteiger partial charge is 0.0841 e. The van der Waals surface area contributed by atoms with E-state index >= 15 is 0 Å². The van der Waals surface area contributed by atoms with E-state index in [4.69, 9.17) is 4.74 Å². The Bertz CT molecular complexity index is 242. The maximum atomic E-state index is 5.81. The van der Waals surface area contributed by atoms with Gasteiger partial charge in [-0.2, -0.15) is 0 Å². The Kier molecular flexibility index (Phi) is 12.1. The molecule has 0 unspecified atom stereocenters. The first kappa shape index (κ1) is 20.0. The van der Waals surface area contributed by atoms with E-state index in [0.29, 0.717) is 12.2 Å². The van der Waals surface area contributed by atoms with Gasteiger partial charge in [-0.3, -0.25) is 0 Å². The zero-order chi connectivity index (χ0) is 16.0. The summed E-state index contributed by atoms with van der Waals surface area (Å²) in [5.41, 5.74) is 0. The van der Waals surface area contributed by atoms with E-state index in [1.807, 2.05) is 0 Å². The summed E-state index contributed by atoms with van der Waals surface area (Å²) in [7, 11) is 4.33. The molecule has 1 fully saturated rings. The number of unbranched alkanes of at least 4 members (excludes halogenated alkanes) is 10. The summed E-state index contributed by atoms with van der Waals surface area (Å²) in [6.45, 7) is 3.53. The molecular weight excluding hydrogens is 270 g/mol. The average Bonchev–Trinajstić information content (AvgIpc) is 3.23. The molecule has 132 valence electrons. The molecule has 22 heavy (non-hydrogen) atoms. The minimum absolute atomic E-state index is 0.629. The largest absolute Gasteiger partial charge is 0.370 e. The molecule has 1 aliphatic heterocycles. The maximum absolute atomic E-state index is 5.81. The third kappa shape index (κ3) is 11.5. The normalized spacial score (nSPS) is 20.7. The van der Waals surface area contributed by atoms with Crippen LogP contribution in [0.2, 0.25) is 0 Å². The number of hydrogen-bond donors (Lipinski definition) is 0. The molecule has 2 heteroatoms. The van der Waals surface area contributed by atoms with Gasteiger partial charge in [0.1, 0.15) is 0 Å². The molecule has 1 saturated heterocycles. The zero-order valence-corrected chi connectivity index (χ0v) is 15.6. The molecule has 0 saturated carbocycles. The summed E-state index contributed by atoms with van der Waals surface area (Å²) >= 11 is 0. The Labute approximate surface area is 140 Å². The summed E-state index contributed by atoms with van der Waals surface area (Å²) < 4.78 is 5.81. The first-order valence-corrected chi connectivity index (χ1v) is 10.0. The van der Waals surface area contributed by atoms with Crippen molar-refractivity contribution in [3.63, 3.8) is 0 Å². The fourth-order valence-electron chi connectivity index (χ4n) is 3.29. The zero-order valence-electron chi connectivity index (χ0n) is 15.6. The lowest BCUT2D eigenvalue weighted by molar-refractivity contribution is 0.347. The van der Waals surface area contributed by atoms with Gasteiger partial charge in [0.25, 0.3) is 0 Å². The predicted octanol–water partition coefficient (Wildman–Crippen LogP) is 5.80. The lowest BCUT2D eigenvalue weighted by Gasteiger charge is -2.08. The predicted molar refractivity (Wildman–Crippen MR) is 97.5 cm³/mol. The third-order valence-corrected chi connectivity index (χ3v) is 4.87. The molecular formula is C20H41NO. The molecule has 2 atom stereocenters. The van der Waals surface area contributed by atoms with Gasteiger partial charge >= 0.3 is 0 Å². The van der Waals surface area contributed by atoms with Crippen molar-refractivity contribution in [2.45, 2.75) is 109 Å². The number of epoxide rings is 1. The second kappa shape index (κ2) is 13.4. The number of hydrogen-bond acceptors (Lipinski definition) is 2. The van der Waals surface area contributed by atoms with Crippen LogP contribution in [0.4, 0.5) is 0 Å². The van der Waals surface area contributed by atoms with Crippen molar-refractivity contribution >= 4 is 0 Å². The standard InChI is InChI=1S/C20H41NO/c1-4-5-6-7-10-13-16-19-20(22-19)17-14-11-8-9-12-15-18-21(2)3/h19-20H,4-18H2,1-3H3/t19-,20-/m0/s1. The highest BCUT2D eigenvalue weighted by Crippen LogP contribution is 2.31. The Hall–Kier alpha value is -0.0800. The van der Waals surface area contributed by atoms with Crippen LogP contribution in [0.15, 0.2) is 0 Å². The quantitative estimate of drug-likeness (QED) is 0.264.